The van der Waals surface area contributed by atoms with E-state index in [-0.39, 0.29) is 18.2 Å². The molecule has 72 valence electrons. The van der Waals surface area contributed by atoms with Crippen LogP contribution in [0, 0.1) is 5.82 Å². The van der Waals surface area contributed by atoms with E-state index in [1.165, 1.54) is 6.07 Å². The van der Waals surface area contributed by atoms with Gasteiger partial charge < -0.3 is 5.32 Å². The van der Waals surface area contributed by atoms with Gasteiger partial charge in [0, 0.05) is 6.04 Å². The summed E-state index contributed by atoms with van der Waals surface area (Å²) < 4.78 is 13.4. The van der Waals surface area contributed by atoms with E-state index in [1.807, 2.05) is 12.1 Å². The van der Waals surface area contributed by atoms with E-state index < -0.39 is 0 Å². The molecular formula is C9H10BrClFN. The van der Waals surface area contributed by atoms with Gasteiger partial charge in [-0.15, -0.1) is 12.4 Å². The Labute approximate surface area is 91.3 Å². The first-order chi connectivity index (χ1) is 5.77. The monoisotopic (exact) mass is 265 g/mol. The molecule has 2 rings (SSSR count). The van der Waals surface area contributed by atoms with Crippen molar-refractivity contribution >= 4 is 28.3 Å². The van der Waals surface area contributed by atoms with Gasteiger partial charge in [-0.2, -0.15) is 0 Å². The summed E-state index contributed by atoms with van der Waals surface area (Å²) in [6, 6.07) is 5.60. The van der Waals surface area contributed by atoms with Crippen molar-refractivity contribution in [2.24, 2.45) is 0 Å². The van der Waals surface area contributed by atoms with Crippen LogP contribution in [-0.2, 0) is 0 Å². The third kappa shape index (κ3) is 2.22. The minimum atomic E-state index is -0.196. The normalized spacial score (nSPS) is 20.3. The molecule has 0 aliphatic carbocycles. The highest BCUT2D eigenvalue weighted by Gasteiger charge is 2.18. The van der Waals surface area contributed by atoms with E-state index in [9.17, 15) is 4.39 Å². The van der Waals surface area contributed by atoms with Gasteiger partial charge in [0.15, 0.2) is 0 Å². The molecule has 13 heavy (non-hydrogen) atoms. The zero-order valence-corrected chi connectivity index (χ0v) is 9.29. The lowest BCUT2D eigenvalue weighted by molar-refractivity contribution is 0.382. The molecule has 0 radical (unpaired) electrons. The van der Waals surface area contributed by atoms with Gasteiger partial charge in [-0.3, -0.25) is 0 Å². The molecule has 1 N–H and O–H groups in total. The SMILES string of the molecule is Cl.Fc1ccc([C@H]2CCN2)cc1Br. The number of nitrogens with one attached hydrogen (secondary N) is 1. The van der Waals surface area contributed by atoms with Crippen molar-refractivity contribution in [3.8, 4) is 0 Å². The van der Waals surface area contributed by atoms with E-state index in [0.717, 1.165) is 18.5 Å². The van der Waals surface area contributed by atoms with Crippen molar-refractivity contribution in [1.29, 1.82) is 0 Å². The molecule has 1 aliphatic heterocycles. The predicted molar refractivity (Wildman–Crippen MR) is 56.7 cm³/mol. The molecule has 1 fully saturated rings. The average molecular weight is 267 g/mol. The molecule has 0 saturated carbocycles. The number of halogens is 3. The van der Waals surface area contributed by atoms with E-state index in [2.05, 4.69) is 21.2 Å². The first kappa shape index (κ1) is 11.0. The quantitative estimate of drug-likeness (QED) is 0.824. The van der Waals surface area contributed by atoms with Gasteiger partial charge in [0.1, 0.15) is 5.82 Å². The summed E-state index contributed by atoms with van der Waals surface area (Å²) in [4.78, 5) is 0. The number of benzene rings is 1. The predicted octanol–water partition coefficient (Wildman–Crippen LogP) is 3.04. The third-order valence-corrected chi connectivity index (χ3v) is 2.78. The maximum absolute atomic E-state index is 12.8. The summed E-state index contributed by atoms with van der Waals surface area (Å²) in [6.45, 7) is 1.07. The van der Waals surface area contributed by atoms with Crippen LogP contribution >= 0.6 is 28.3 Å². The molecule has 1 aromatic carbocycles. The second-order valence-electron chi connectivity index (χ2n) is 2.97. The Hall–Kier alpha value is -0.120. The standard InChI is InChI=1S/C9H9BrFN.ClH/c10-7-5-6(1-2-8(7)11)9-3-4-12-9;/h1-2,5,9,12H,3-4H2;1H/t9-;/m1./s1. The fourth-order valence-corrected chi connectivity index (χ4v) is 1.70. The van der Waals surface area contributed by atoms with Gasteiger partial charge in [0.2, 0.25) is 0 Å². The molecular weight excluding hydrogens is 256 g/mol. The van der Waals surface area contributed by atoms with E-state index >= 15 is 0 Å². The van der Waals surface area contributed by atoms with Gasteiger partial charge in [0.05, 0.1) is 4.47 Å². The van der Waals surface area contributed by atoms with E-state index in [0.29, 0.717) is 10.5 Å². The Bertz CT molecular complexity index is 302. The molecule has 4 heteroatoms. The third-order valence-electron chi connectivity index (χ3n) is 2.17. The highest BCUT2D eigenvalue weighted by molar-refractivity contribution is 9.10. The van der Waals surface area contributed by atoms with Gasteiger partial charge in [0.25, 0.3) is 0 Å². The van der Waals surface area contributed by atoms with Crippen molar-refractivity contribution in [3.63, 3.8) is 0 Å². The van der Waals surface area contributed by atoms with Crippen molar-refractivity contribution in [1.82, 2.24) is 5.32 Å². The largest absolute Gasteiger partial charge is 0.310 e. The molecule has 0 spiro atoms. The summed E-state index contributed by atoms with van der Waals surface area (Å²) in [5.74, 6) is -0.196. The van der Waals surface area contributed by atoms with Crippen LogP contribution in [0.15, 0.2) is 22.7 Å². The zero-order valence-electron chi connectivity index (χ0n) is 6.89. The molecule has 1 heterocycles. The van der Waals surface area contributed by atoms with Crippen molar-refractivity contribution in [2.75, 3.05) is 6.54 Å². The first-order valence-corrected chi connectivity index (χ1v) is 4.75. The maximum Gasteiger partial charge on any atom is 0.137 e. The molecule has 1 aliphatic rings. The lowest BCUT2D eigenvalue weighted by atomic mass is 9.98. The lowest BCUT2D eigenvalue weighted by Crippen LogP contribution is -2.34. The van der Waals surface area contributed by atoms with Crippen LogP contribution in [0.4, 0.5) is 4.39 Å². The Kier molecular flexibility index (Phi) is 3.71. The van der Waals surface area contributed by atoms with E-state index in [1.54, 1.807) is 0 Å². The van der Waals surface area contributed by atoms with Crippen LogP contribution in [0.5, 0.6) is 0 Å². The highest BCUT2D eigenvalue weighted by atomic mass is 79.9. The van der Waals surface area contributed by atoms with E-state index in [4.69, 9.17) is 0 Å². The van der Waals surface area contributed by atoms with Gasteiger partial charge >= 0.3 is 0 Å². The van der Waals surface area contributed by atoms with Crippen LogP contribution in [-0.4, -0.2) is 6.54 Å². The second kappa shape index (κ2) is 4.40. The number of rotatable bonds is 1. The van der Waals surface area contributed by atoms with Gasteiger partial charge in [-0.1, -0.05) is 6.07 Å². The molecule has 1 nitrogen and oxygen atoms in total. The molecule has 1 saturated heterocycles. The van der Waals surface area contributed by atoms with Crippen LogP contribution < -0.4 is 5.32 Å². The summed E-state index contributed by atoms with van der Waals surface area (Å²) in [6.07, 6.45) is 1.15. The minimum Gasteiger partial charge on any atom is -0.310 e. The Morgan fingerprint density at radius 2 is 2.15 bits per heavy atom. The second-order valence-corrected chi connectivity index (χ2v) is 3.82. The fourth-order valence-electron chi connectivity index (χ4n) is 1.30. The first-order valence-electron chi connectivity index (χ1n) is 3.96. The fraction of sp³-hybridized carbons (Fsp3) is 0.333. The van der Waals surface area contributed by atoms with Crippen molar-refractivity contribution in [3.05, 3.63) is 34.1 Å². The average Bonchev–Trinajstić information content (AvgIpc) is 1.93. The molecule has 0 bridgehead atoms. The maximum atomic E-state index is 12.8. The minimum absolute atomic E-state index is 0. The topological polar surface area (TPSA) is 12.0 Å². The molecule has 0 unspecified atom stereocenters. The summed E-state index contributed by atoms with van der Waals surface area (Å²) in [5, 5.41) is 3.27. The van der Waals surface area contributed by atoms with Crippen molar-refractivity contribution in [2.45, 2.75) is 12.5 Å². The summed E-state index contributed by atoms with van der Waals surface area (Å²) in [7, 11) is 0. The van der Waals surface area contributed by atoms with Crippen molar-refractivity contribution < 1.29 is 4.39 Å². The van der Waals surface area contributed by atoms with Crippen LogP contribution in [0.25, 0.3) is 0 Å². The van der Waals surface area contributed by atoms with Crippen LogP contribution in [0.1, 0.15) is 18.0 Å². The van der Waals surface area contributed by atoms with Gasteiger partial charge in [-0.25, -0.2) is 4.39 Å². The molecule has 0 amide bonds. The molecule has 1 atom stereocenters. The Balaban J connectivity index is 0.000000845. The molecule has 0 aromatic heterocycles. The zero-order chi connectivity index (χ0) is 8.55. The smallest absolute Gasteiger partial charge is 0.137 e. The molecule has 1 aromatic rings. The van der Waals surface area contributed by atoms with Gasteiger partial charge in [-0.05, 0) is 46.6 Å². The Morgan fingerprint density at radius 3 is 2.62 bits per heavy atom. The summed E-state index contributed by atoms with van der Waals surface area (Å²) >= 11 is 3.16. The summed E-state index contributed by atoms with van der Waals surface area (Å²) in [5.41, 5.74) is 1.16. The highest BCUT2D eigenvalue weighted by Crippen LogP contribution is 2.26. The Morgan fingerprint density at radius 1 is 1.46 bits per heavy atom. The lowest BCUT2D eigenvalue weighted by Gasteiger charge is -2.28. The van der Waals surface area contributed by atoms with Crippen LogP contribution in [0.3, 0.4) is 0 Å². The number of hydrogen-bond acceptors (Lipinski definition) is 1. The number of hydrogen-bond donors (Lipinski definition) is 1. The van der Waals surface area contributed by atoms with Crippen LogP contribution in [0.2, 0.25) is 0 Å².